The van der Waals surface area contributed by atoms with E-state index in [1.165, 1.54) is 52.6 Å². The molecule has 0 radical (unpaired) electrons. The summed E-state index contributed by atoms with van der Waals surface area (Å²) in [4.78, 5) is 0. The van der Waals surface area contributed by atoms with Crippen LogP contribution >= 0.6 is 0 Å². The van der Waals surface area contributed by atoms with Crippen molar-refractivity contribution in [2.75, 3.05) is 0 Å². The molecule has 0 bridgehead atoms. The Balaban J connectivity index is 1.13. The molecule has 0 saturated carbocycles. The number of hydrogen-bond acceptors (Lipinski definition) is 0. The first-order chi connectivity index (χ1) is 36.7. The predicted octanol–water partition coefficient (Wildman–Crippen LogP) is 8.97. The van der Waals surface area contributed by atoms with Gasteiger partial charge in [-0.1, -0.05) is 0 Å². The van der Waals surface area contributed by atoms with Crippen LogP contribution in [0.5, 0.6) is 0 Å². The van der Waals surface area contributed by atoms with Crippen molar-refractivity contribution >= 4 is 105 Å². The minimum absolute atomic E-state index is 1.08. The fourth-order valence-corrected chi connectivity index (χ4v) is 59.0. The molecule has 4 heteroatoms. The first-order valence-electron chi connectivity index (χ1n) is 26.3. The number of rotatable bonds is 18. The molecule has 11 aromatic rings. The third kappa shape index (κ3) is 9.47. The van der Waals surface area contributed by atoms with Gasteiger partial charge in [0, 0.05) is 0 Å². The van der Waals surface area contributed by atoms with Crippen LogP contribution < -0.4 is 52.6 Å². The number of benzene rings is 11. The Hall–Kier alpha value is -6.55. The molecule has 0 aliphatic heterocycles. The van der Waals surface area contributed by atoms with Crippen LogP contribution in [0.15, 0.2) is 328 Å². The average Bonchev–Trinajstić information content (AvgIpc) is 3.50. The van der Waals surface area contributed by atoms with Crippen molar-refractivity contribution < 1.29 is 0 Å². The normalized spacial score (nSPS) is 12.0. The summed E-state index contributed by atoms with van der Waals surface area (Å²) in [6.07, 6.45) is 0. The summed E-state index contributed by atoms with van der Waals surface area (Å²) in [6.45, 7) is 0. The molecule has 0 nitrogen and oxygen atoms in total. The second-order valence-electron chi connectivity index (χ2n) is 19.9. The second kappa shape index (κ2) is 22.9. The summed E-state index contributed by atoms with van der Waals surface area (Å²) >= 11 is -7.53. The predicted molar refractivity (Wildman–Crippen MR) is 329 cm³/mol. The quantitative estimate of drug-likeness (QED) is 0.0596. The van der Waals surface area contributed by atoms with E-state index in [9.17, 15) is 0 Å². The molecule has 0 unspecified atom stereocenters. The molecule has 0 aliphatic carbocycles. The molecule has 11 aromatic carbocycles. The molecular formula is C70H62Si2Sn2. The van der Waals surface area contributed by atoms with Crippen LogP contribution in [0, 0.1) is 0 Å². The molecule has 74 heavy (non-hydrogen) atoms. The Labute approximate surface area is 449 Å². The van der Waals surface area contributed by atoms with Gasteiger partial charge in [-0.2, -0.15) is 0 Å². The van der Waals surface area contributed by atoms with Crippen molar-refractivity contribution in [1.82, 2.24) is 0 Å². The van der Waals surface area contributed by atoms with Gasteiger partial charge in [-0.25, -0.2) is 0 Å². The fraction of sp³-hybridized carbons (Fsp3) is 0.0571. The molecule has 0 saturated heterocycles. The van der Waals surface area contributed by atoms with Crippen LogP contribution in [0.4, 0.5) is 0 Å². The van der Waals surface area contributed by atoms with E-state index in [1.807, 2.05) is 0 Å². The Bertz CT molecular complexity index is 2930. The molecular weight excluding hydrogens is 1130 g/mol. The van der Waals surface area contributed by atoms with Gasteiger partial charge < -0.3 is 0 Å². The molecule has 11 rings (SSSR count). The Morgan fingerprint density at radius 1 is 0.176 bits per heavy atom. The Morgan fingerprint density at radius 2 is 0.324 bits per heavy atom. The van der Waals surface area contributed by atoms with Crippen LogP contribution in [-0.2, 0) is 0 Å². The van der Waals surface area contributed by atoms with Crippen molar-refractivity contribution in [3.8, 4) is 0 Å². The Kier molecular flexibility index (Phi) is 15.4. The summed E-state index contributed by atoms with van der Waals surface area (Å²) in [7, 11) is -5.55. The third-order valence-corrected chi connectivity index (χ3v) is 57.3. The SMILES string of the molecule is c1ccc([Si](C[CH2][Sn]([c]2ccccc2)([c]2ccccc2)[c]2ccccc2)(c2ccccc2)c2ccc([Si](C[CH2][Sn]([c]3ccccc3)([c]3ccccc3)[c]3ccccc3)(c3ccccc3)c3ccccc3)cc2)cc1. The van der Waals surface area contributed by atoms with E-state index in [1.54, 1.807) is 0 Å². The van der Waals surface area contributed by atoms with Gasteiger partial charge in [0.15, 0.2) is 0 Å². The summed E-state index contributed by atoms with van der Waals surface area (Å²) in [5, 5.41) is 8.82. The van der Waals surface area contributed by atoms with E-state index in [0.717, 1.165) is 21.0 Å². The molecule has 0 heterocycles. The summed E-state index contributed by atoms with van der Waals surface area (Å²) < 4.78 is 11.4. The van der Waals surface area contributed by atoms with Crippen LogP contribution in [0.1, 0.15) is 0 Å². The van der Waals surface area contributed by atoms with Crippen LogP contribution in [-0.4, -0.2) is 52.9 Å². The maximum absolute atomic E-state index is 3.77. The second-order valence-corrected chi connectivity index (χ2v) is 51.0. The van der Waals surface area contributed by atoms with Crippen molar-refractivity contribution in [3.63, 3.8) is 0 Å². The topological polar surface area (TPSA) is 0 Å². The Morgan fingerprint density at radius 3 is 0.500 bits per heavy atom. The molecule has 0 spiro atoms. The van der Waals surface area contributed by atoms with Gasteiger partial charge in [0.1, 0.15) is 0 Å². The minimum atomic E-state index is -3.77. The van der Waals surface area contributed by atoms with E-state index in [0.29, 0.717) is 0 Å². The van der Waals surface area contributed by atoms with E-state index >= 15 is 0 Å². The van der Waals surface area contributed by atoms with Gasteiger partial charge in [0.05, 0.1) is 0 Å². The molecule has 0 amide bonds. The van der Waals surface area contributed by atoms with E-state index in [4.69, 9.17) is 0 Å². The van der Waals surface area contributed by atoms with Gasteiger partial charge in [-0.15, -0.1) is 0 Å². The van der Waals surface area contributed by atoms with Gasteiger partial charge in [-0.3, -0.25) is 0 Å². The fourth-order valence-electron chi connectivity index (χ4n) is 12.7. The molecule has 0 fully saturated rings. The first-order valence-corrected chi connectivity index (χ1v) is 43.4. The van der Waals surface area contributed by atoms with Crippen LogP contribution in [0.3, 0.4) is 0 Å². The van der Waals surface area contributed by atoms with Crippen molar-refractivity contribution in [3.05, 3.63) is 328 Å². The maximum atomic E-state index is 2.61. The summed E-state index contributed by atoms with van der Waals surface area (Å²) in [5.74, 6) is 0. The van der Waals surface area contributed by atoms with Gasteiger partial charge in [-0.05, 0) is 0 Å². The third-order valence-electron chi connectivity index (χ3n) is 16.3. The van der Waals surface area contributed by atoms with E-state index in [2.05, 4.69) is 328 Å². The van der Waals surface area contributed by atoms with Crippen molar-refractivity contribution in [2.24, 2.45) is 0 Å². The van der Waals surface area contributed by atoms with Gasteiger partial charge >= 0.3 is 454 Å². The molecule has 0 aromatic heterocycles. The zero-order chi connectivity index (χ0) is 49.9. The van der Waals surface area contributed by atoms with E-state index < -0.39 is 52.9 Å². The molecule has 0 atom stereocenters. The molecule has 358 valence electrons. The van der Waals surface area contributed by atoms with Gasteiger partial charge in [0.2, 0.25) is 0 Å². The standard InChI is InChI=1S/C34H32Si2.6C6H5.2Sn/c1-3-35(29-17-9-5-10-18-29,30-19-11-6-12-20-30)33-25-27-34(28-26-33)36(4-2,31-21-13-7-14-22-31)32-23-15-8-16-24-32;6*1-2-4-6-5-3-1;;/h5-28H,1-4H2;6*1-5H;;. The number of hydrogen-bond donors (Lipinski definition) is 0. The average molecular weight is 1200 g/mol. The zero-order valence-electron chi connectivity index (χ0n) is 42.0. The monoisotopic (exact) mass is 1200 g/mol. The van der Waals surface area contributed by atoms with Crippen molar-refractivity contribution in [2.45, 2.75) is 21.0 Å². The molecule has 0 N–H and O–H groups in total. The summed E-state index contributed by atoms with van der Waals surface area (Å²) in [6, 6.07) is 129. The van der Waals surface area contributed by atoms with Crippen LogP contribution in [0.2, 0.25) is 21.0 Å². The van der Waals surface area contributed by atoms with Crippen LogP contribution in [0.25, 0.3) is 0 Å². The first kappa shape index (κ1) is 49.7. The summed E-state index contributed by atoms with van der Waals surface area (Å²) in [5.41, 5.74) is 0. The molecule has 0 aliphatic rings. The van der Waals surface area contributed by atoms with Crippen molar-refractivity contribution in [1.29, 1.82) is 0 Å². The van der Waals surface area contributed by atoms with E-state index in [-0.39, 0.29) is 0 Å². The van der Waals surface area contributed by atoms with Gasteiger partial charge in [0.25, 0.3) is 0 Å². The zero-order valence-corrected chi connectivity index (χ0v) is 49.7.